The number of piperazine rings is 1. The van der Waals surface area contributed by atoms with Crippen molar-refractivity contribution < 1.29 is 4.39 Å². The van der Waals surface area contributed by atoms with Gasteiger partial charge in [-0.15, -0.1) is 11.8 Å². The van der Waals surface area contributed by atoms with E-state index in [1.807, 2.05) is 40.1 Å². The molecule has 0 radical (unpaired) electrons. The van der Waals surface area contributed by atoms with Gasteiger partial charge in [-0.3, -0.25) is 9.78 Å². The van der Waals surface area contributed by atoms with Crippen molar-refractivity contribution in [1.29, 1.82) is 0 Å². The van der Waals surface area contributed by atoms with Crippen LogP contribution in [-0.2, 0) is 5.75 Å². The van der Waals surface area contributed by atoms with Gasteiger partial charge in [0.25, 0.3) is 5.56 Å². The van der Waals surface area contributed by atoms with E-state index < -0.39 is 0 Å². The number of para-hydroxylation sites is 1. The summed E-state index contributed by atoms with van der Waals surface area (Å²) in [6.07, 6.45) is 0. The molecule has 1 aliphatic heterocycles. The fourth-order valence-corrected chi connectivity index (χ4v) is 4.19. The van der Waals surface area contributed by atoms with Crippen molar-refractivity contribution in [3.05, 3.63) is 81.5 Å². The second-order valence-electron chi connectivity index (χ2n) is 6.73. The maximum atomic E-state index is 14.0. The van der Waals surface area contributed by atoms with Crippen LogP contribution in [0.2, 0.25) is 5.02 Å². The lowest BCUT2D eigenvalue weighted by Crippen LogP contribution is -2.47. The molecule has 0 bridgehead atoms. The fraction of sp³-hybridized carbons (Fsp3) is 0.238. The number of anilines is 2. The molecule has 4 rings (SSSR count). The summed E-state index contributed by atoms with van der Waals surface area (Å²) in [6, 6.07) is 15.9. The Morgan fingerprint density at radius 3 is 2.45 bits per heavy atom. The molecule has 0 saturated carbocycles. The Bertz CT molecular complexity index is 1040. The molecule has 2 heterocycles. The zero-order valence-corrected chi connectivity index (χ0v) is 17.2. The lowest BCUT2D eigenvalue weighted by atomic mass is 10.2. The third-order valence-corrected chi connectivity index (χ3v) is 6.05. The molecule has 0 unspecified atom stereocenters. The first-order chi connectivity index (χ1) is 14.1. The number of halogens is 2. The van der Waals surface area contributed by atoms with Crippen LogP contribution in [0.25, 0.3) is 0 Å². The van der Waals surface area contributed by atoms with Crippen LogP contribution in [0.15, 0.2) is 64.3 Å². The fourth-order valence-electron chi connectivity index (χ4n) is 3.27. The first-order valence-electron chi connectivity index (χ1n) is 9.31. The maximum Gasteiger partial charge on any atom is 0.252 e. The van der Waals surface area contributed by atoms with Gasteiger partial charge in [0.2, 0.25) is 5.95 Å². The number of aromatic amines is 1. The second-order valence-corrected chi connectivity index (χ2v) is 8.21. The van der Waals surface area contributed by atoms with Crippen LogP contribution in [0.3, 0.4) is 0 Å². The van der Waals surface area contributed by atoms with Crippen LogP contribution in [0.1, 0.15) is 5.69 Å². The van der Waals surface area contributed by atoms with Crippen molar-refractivity contribution >= 4 is 35.0 Å². The van der Waals surface area contributed by atoms with Gasteiger partial charge in [0.15, 0.2) is 0 Å². The van der Waals surface area contributed by atoms with Gasteiger partial charge in [0, 0.05) is 47.9 Å². The Hall–Kier alpha value is -2.51. The number of rotatable bonds is 5. The number of benzene rings is 2. The molecule has 1 aromatic heterocycles. The van der Waals surface area contributed by atoms with Crippen LogP contribution in [-0.4, -0.2) is 36.1 Å². The quantitative estimate of drug-likeness (QED) is 0.615. The topological polar surface area (TPSA) is 52.2 Å². The molecule has 0 atom stereocenters. The van der Waals surface area contributed by atoms with Gasteiger partial charge in [0.1, 0.15) is 5.82 Å². The van der Waals surface area contributed by atoms with E-state index in [9.17, 15) is 9.18 Å². The van der Waals surface area contributed by atoms with E-state index in [1.54, 1.807) is 23.9 Å². The number of thioether (sulfide) groups is 1. The van der Waals surface area contributed by atoms with Crippen LogP contribution >= 0.6 is 23.4 Å². The van der Waals surface area contributed by atoms with E-state index in [4.69, 9.17) is 11.6 Å². The molecule has 8 heteroatoms. The lowest BCUT2D eigenvalue weighted by molar-refractivity contribution is 0.593. The highest BCUT2D eigenvalue weighted by Gasteiger charge is 2.21. The average Bonchev–Trinajstić information content (AvgIpc) is 2.73. The molecular weight excluding hydrogens is 411 g/mol. The predicted molar refractivity (Wildman–Crippen MR) is 117 cm³/mol. The Morgan fingerprint density at radius 2 is 1.72 bits per heavy atom. The molecule has 1 saturated heterocycles. The molecule has 0 amide bonds. The van der Waals surface area contributed by atoms with E-state index in [-0.39, 0.29) is 11.4 Å². The zero-order chi connectivity index (χ0) is 20.2. The van der Waals surface area contributed by atoms with E-state index >= 15 is 0 Å². The molecule has 5 nitrogen and oxygen atoms in total. The van der Waals surface area contributed by atoms with Gasteiger partial charge < -0.3 is 9.80 Å². The van der Waals surface area contributed by atoms with Gasteiger partial charge in [-0.2, -0.15) is 0 Å². The minimum atomic E-state index is -0.214. The third-order valence-electron chi connectivity index (χ3n) is 4.75. The number of aromatic nitrogens is 2. The molecule has 29 heavy (non-hydrogen) atoms. The summed E-state index contributed by atoms with van der Waals surface area (Å²) in [5, 5.41) is 0.695. The first kappa shape index (κ1) is 19.8. The summed E-state index contributed by atoms with van der Waals surface area (Å²) in [5.41, 5.74) is 1.17. The number of nitrogens with zero attached hydrogens (tertiary/aromatic N) is 3. The number of H-pyrrole nitrogens is 1. The normalized spacial score (nSPS) is 14.3. The molecular formula is C21H20ClFN4OS. The van der Waals surface area contributed by atoms with Crippen LogP contribution in [0.5, 0.6) is 0 Å². The van der Waals surface area contributed by atoms with Crippen molar-refractivity contribution in [3.8, 4) is 0 Å². The molecule has 3 aromatic rings. The van der Waals surface area contributed by atoms with Crippen LogP contribution in [0, 0.1) is 5.82 Å². The SMILES string of the molecule is O=c1cc(CSc2ccc(Cl)cc2)nc(N2CCN(c3ccccc3F)CC2)[nH]1. The third kappa shape index (κ3) is 4.92. The Morgan fingerprint density at radius 1 is 1.03 bits per heavy atom. The van der Waals surface area contributed by atoms with E-state index in [0.717, 1.165) is 10.6 Å². The molecule has 0 spiro atoms. The van der Waals surface area contributed by atoms with Crippen molar-refractivity contribution in [2.75, 3.05) is 36.0 Å². The van der Waals surface area contributed by atoms with Gasteiger partial charge in [-0.25, -0.2) is 9.37 Å². The van der Waals surface area contributed by atoms with Gasteiger partial charge in [-0.05, 0) is 36.4 Å². The van der Waals surface area contributed by atoms with Crippen molar-refractivity contribution in [2.45, 2.75) is 10.6 Å². The highest BCUT2D eigenvalue weighted by molar-refractivity contribution is 7.98. The Labute approximate surface area is 177 Å². The molecule has 1 aliphatic rings. The number of hydrogen-bond donors (Lipinski definition) is 1. The molecule has 2 aromatic carbocycles. The molecule has 1 fully saturated rings. The van der Waals surface area contributed by atoms with Crippen LogP contribution in [0.4, 0.5) is 16.0 Å². The van der Waals surface area contributed by atoms with Crippen LogP contribution < -0.4 is 15.4 Å². The smallest absolute Gasteiger partial charge is 0.252 e. The van der Waals surface area contributed by atoms with Crippen molar-refractivity contribution in [3.63, 3.8) is 0 Å². The molecule has 150 valence electrons. The first-order valence-corrected chi connectivity index (χ1v) is 10.7. The molecule has 0 aliphatic carbocycles. The van der Waals surface area contributed by atoms with Crippen molar-refractivity contribution in [2.24, 2.45) is 0 Å². The average molecular weight is 431 g/mol. The highest BCUT2D eigenvalue weighted by Crippen LogP contribution is 2.24. The number of hydrogen-bond acceptors (Lipinski definition) is 5. The second kappa shape index (κ2) is 8.88. The van der Waals surface area contributed by atoms with E-state index in [0.29, 0.717) is 48.6 Å². The summed E-state index contributed by atoms with van der Waals surface area (Å²) < 4.78 is 14.0. The predicted octanol–water partition coefficient (Wildman–Crippen LogP) is 4.18. The zero-order valence-electron chi connectivity index (χ0n) is 15.6. The van der Waals surface area contributed by atoms with Gasteiger partial charge in [0.05, 0.1) is 11.4 Å². The van der Waals surface area contributed by atoms with E-state index in [2.05, 4.69) is 9.97 Å². The Balaban J connectivity index is 1.42. The highest BCUT2D eigenvalue weighted by atomic mass is 35.5. The summed E-state index contributed by atoms with van der Waals surface area (Å²) in [7, 11) is 0. The lowest BCUT2D eigenvalue weighted by Gasteiger charge is -2.36. The van der Waals surface area contributed by atoms with E-state index in [1.165, 1.54) is 12.1 Å². The monoisotopic (exact) mass is 430 g/mol. The summed E-state index contributed by atoms with van der Waals surface area (Å²) >= 11 is 7.52. The summed E-state index contributed by atoms with van der Waals surface area (Å²) in [4.78, 5) is 24.7. The summed E-state index contributed by atoms with van der Waals surface area (Å²) in [5.74, 6) is 0.944. The minimum absolute atomic E-state index is 0.168. The van der Waals surface area contributed by atoms with Crippen molar-refractivity contribution in [1.82, 2.24) is 9.97 Å². The van der Waals surface area contributed by atoms with Gasteiger partial charge in [-0.1, -0.05) is 23.7 Å². The maximum absolute atomic E-state index is 14.0. The van der Waals surface area contributed by atoms with Gasteiger partial charge >= 0.3 is 0 Å². The summed E-state index contributed by atoms with van der Waals surface area (Å²) in [6.45, 7) is 2.64. The minimum Gasteiger partial charge on any atom is -0.366 e. The standard InChI is InChI=1S/C21H20ClFN4OS/c22-15-5-7-17(8-6-15)29-14-16-13-20(28)25-21(24-16)27-11-9-26(10-12-27)19-4-2-1-3-18(19)23/h1-8,13H,9-12,14H2,(H,24,25,28). The largest absolute Gasteiger partial charge is 0.366 e. The molecule has 1 N–H and O–H groups in total. The number of nitrogens with one attached hydrogen (secondary N) is 1. The Kier molecular flexibility index (Phi) is 6.06.